The molecular formula is C21H25N3O5. The molecule has 1 amide bonds. The number of amides is 1. The van der Waals surface area contributed by atoms with E-state index in [-0.39, 0.29) is 22.6 Å². The van der Waals surface area contributed by atoms with Gasteiger partial charge in [-0.15, -0.1) is 0 Å². The van der Waals surface area contributed by atoms with Crippen LogP contribution in [-0.2, 0) is 10.2 Å². The normalized spacial score (nSPS) is 15.4. The minimum Gasteiger partial charge on any atom is -0.497 e. The maximum atomic E-state index is 11.8. The third-order valence-corrected chi connectivity index (χ3v) is 5.45. The average Bonchev–Trinajstić information content (AvgIpc) is 2.77. The van der Waals surface area contributed by atoms with Crippen molar-refractivity contribution in [2.24, 2.45) is 0 Å². The number of carbonyl (C=O) groups excluding carboxylic acids is 1. The van der Waals surface area contributed by atoms with Crippen molar-refractivity contribution in [2.75, 3.05) is 39.2 Å². The van der Waals surface area contributed by atoms with Crippen molar-refractivity contribution >= 4 is 17.3 Å². The highest BCUT2D eigenvalue weighted by atomic mass is 16.6. The van der Waals surface area contributed by atoms with Gasteiger partial charge in [0.15, 0.2) is 0 Å². The molecule has 1 saturated heterocycles. The summed E-state index contributed by atoms with van der Waals surface area (Å²) in [5.74, 6) is 0.420. The van der Waals surface area contributed by atoms with Gasteiger partial charge in [0.25, 0.3) is 11.6 Å². The van der Waals surface area contributed by atoms with Gasteiger partial charge in [0.1, 0.15) is 11.4 Å². The van der Waals surface area contributed by atoms with Gasteiger partial charge in [0.2, 0.25) is 0 Å². The van der Waals surface area contributed by atoms with Crippen molar-refractivity contribution in [1.29, 1.82) is 0 Å². The molecule has 0 saturated carbocycles. The topological polar surface area (TPSA) is 103 Å². The highest BCUT2D eigenvalue weighted by molar-refractivity contribution is 5.95. The molecule has 0 radical (unpaired) electrons. The van der Waals surface area contributed by atoms with Gasteiger partial charge in [0.05, 0.1) is 12.0 Å². The van der Waals surface area contributed by atoms with Crippen molar-refractivity contribution in [1.82, 2.24) is 5.32 Å². The van der Waals surface area contributed by atoms with Crippen molar-refractivity contribution in [3.63, 3.8) is 0 Å². The number of ether oxygens (including phenoxy) is 2. The van der Waals surface area contributed by atoms with Crippen LogP contribution in [0.3, 0.4) is 0 Å². The zero-order valence-corrected chi connectivity index (χ0v) is 16.6. The fourth-order valence-electron chi connectivity index (χ4n) is 3.66. The maximum absolute atomic E-state index is 11.8. The van der Waals surface area contributed by atoms with Gasteiger partial charge in [-0.25, -0.2) is 0 Å². The summed E-state index contributed by atoms with van der Waals surface area (Å²) in [6.07, 6.45) is 1.60. The fourth-order valence-corrected chi connectivity index (χ4v) is 3.66. The van der Waals surface area contributed by atoms with Gasteiger partial charge < -0.3 is 20.1 Å². The lowest BCUT2D eigenvalue weighted by atomic mass is 9.74. The van der Waals surface area contributed by atoms with Gasteiger partial charge in [0, 0.05) is 43.9 Å². The molecule has 3 rings (SSSR count). The summed E-state index contributed by atoms with van der Waals surface area (Å²) < 4.78 is 10.8. The molecule has 1 fully saturated rings. The lowest BCUT2D eigenvalue weighted by Crippen LogP contribution is -2.40. The number of benzene rings is 2. The first-order valence-corrected chi connectivity index (χ1v) is 9.46. The number of nitrogens with one attached hydrogen (secondary N) is 2. The summed E-state index contributed by atoms with van der Waals surface area (Å²) in [4.78, 5) is 22.9. The Balaban J connectivity index is 1.87. The summed E-state index contributed by atoms with van der Waals surface area (Å²) in [6.45, 7) is 1.78. The number of hydrogen-bond acceptors (Lipinski definition) is 6. The molecule has 2 aromatic rings. The summed E-state index contributed by atoms with van der Waals surface area (Å²) in [6, 6.07) is 12.4. The molecule has 2 aromatic carbocycles. The number of nitro groups is 1. The van der Waals surface area contributed by atoms with Crippen LogP contribution in [0.5, 0.6) is 5.75 Å². The smallest absolute Gasteiger partial charge is 0.293 e. The van der Waals surface area contributed by atoms with Crippen molar-refractivity contribution in [2.45, 2.75) is 18.3 Å². The molecule has 2 N–H and O–H groups in total. The SMILES string of the molecule is CNC(=O)c1ccc(NCC2(c3ccc(OC)cc3)CCOCC2)c([N+](=O)[O-])c1. The summed E-state index contributed by atoms with van der Waals surface area (Å²) in [5.41, 5.74) is 1.45. The predicted molar refractivity (Wildman–Crippen MR) is 110 cm³/mol. The maximum Gasteiger partial charge on any atom is 0.293 e. The molecule has 8 heteroatoms. The second kappa shape index (κ2) is 8.91. The van der Waals surface area contributed by atoms with E-state index in [1.165, 1.54) is 13.1 Å². The molecule has 8 nitrogen and oxygen atoms in total. The third kappa shape index (κ3) is 4.48. The van der Waals surface area contributed by atoms with Gasteiger partial charge >= 0.3 is 0 Å². The Hall–Kier alpha value is -3.13. The van der Waals surface area contributed by atoms with E-state index < -0.39 is 4.92 Å². The number of hydrogen-bond donors (Lipinski definition) is 2. The molecule has 0 aromatic heterocycles. The molecule has 0 spiro atoms. The van der Waals surface area contributed by atoms with Crippen molar-refractivity contribution in [3.8, 4) is 5.75 Å². The highest BCUT2D eigenvalue weighted by Crippen LogP contribution is 2.37. The Bertz CT molecular complexity index is 876. The summed E-state index contributed by atoms with van der Waals surface area (Å²) in [5, 5.41) is 17.3. The molecule has 1 aliphatic rings. The van der Waals surface area contributed by atoms with Crippen LogP contribution in [0.25, 0.3) is 0 Å². The van der Waals surface area contributed by atoms with Crippen LogP contribution < -0.4 is 15.4 Å². The second-order valence-electron chi connectivity index (χ2n) is 7.04. The lowest BCUT2D eigenvalue weighted by Gasteiger charge is -2.38. The highest BCUT2D eigenvalue weighted by Gasteiger charge is 2.35. The Kier molecular flexibility index (Phi) is 6.33. The van der Waals surface area contributed by atoms with Gasteiger partial charge in [-0.05, 0) is 42.7 Å². The molecular weight excluding hydrogens is 374 g/mol. The Labute approximate surface area is 169 Å². The van der Waals surface area contributed by atoms with Crippen LogP contribution in [0.1, 0.15) is 28.8 Å². The standard InChI is InChI=1S/C21H25N3O5/c1-22-20(25)15-3-8-18(19(13-15)24(26)27)23-14-21(9-11-29-12-10-21)16-4-6-17(28-2)7-5-16/h3-8,13,23H,9-12,14H2,1-2H3,(H,22,25). The van der Waals surface area contributed by atoms with E-state index in [4.69, 9.17) is 9.47 Å². The number of anilines is 1. The van der Waals surface area contributed by atoms with Crippen LogP contribution >= 0.6 is 0 Å². The number of rotatable bonds is 7. The average molecular weight is 399 g/mol. The van der Waals surface area contributed by atoms with Gasteiger partial charge in [-0.3, -0.25) is 14.9 Å². The first kappa shape index (κ1) is 20.6. The number of methoxy groups -OCH3 is 1. The molecule has 1 heterocycles. The molecule has 0 atom stereocenters. The largest absolute Gasteiger partial charge is 0.497 e. The van der Waals surface area contributed by atoms with E-state index >= 15 is 0 Å². The molecule has 0 unspecified atom stereocenters. The van der Waals surface area contributed by atoms with Crippen LogP contribution in [0.2, 0.25) is 0 Å². The Morgan fingerprint density at radius 2 is 1.90 bits per heavy atom. The Morgan fingerprint density at radius 3 is 2.48 bits per heavy atom. The van der Waals surface area contributed by atoms with E-state index in [1.54, 1.807) is 19.2 Å². The van der Waals surface area contributed by atoms with Crippen LogP contribution in [0.15, 0.2) is 42.5 Å². The van der Waals surface area contributed by atoms with Gasteiger partial charge in [-0.1, -0.05) is 12.1 Å². The van der Waals surface area contributed by atoms with Gasteiger partial charge in [-0.2, -0.15) is 0 Å². The van der Waals surface area contributed by atoms with Crippen LogP contribution in [0, 0.1) is 10.1 Å². The summed E-state index contributed by atoms with van der Waals surface area (Å²) >= 11 is 0. The summed E-state index contributed by atoms with van der Waals surface area (Å²) in [7, 11) is 3.12. The van der Waals surface area contributed by atoms with E-state index in [0.29, 0.717) is 25.4 Å². The van der Waals surface area contributed by atoms with Crippen LogP contribution in [0.4, 0.5) is 11.4 Å². The molecule has 0 aliphatic carbocycles. The zero-order valence-electron chi connectivity index (χ0n) is 16.6. The number of carbonyl (C=O) groups is 1. The minimum absolute atomic E-state index is 0.122. The quantitative estimate of drug-likeness (QED) is 0.548. The zero-order chi connectivity index (χ0) is 20.9. The molecule has 1 aliphatic heterocycles. The van der Waals surface area contributed by atoms with E-state index in [2.05, 4.69) is 10.6 Å². The fraction of sp³-hybridized carbons (Fsp3) is 0.381. The Morgan fingerprint density at radius 1 is 1.21 bits per heavy atom. The van der Waals surface area contributed by atoms with Crippen LogP contribution in [-0.4, -0.2) is 44.7 Å². The number of nitrogens with zero attached hydrogens (tertiary/aromatic N) is 1. The van der Waals surface area contributed by atoms with Crippen molar-refractivity contribution in [3.05, 3.63) is 63.7 Å². The van der Waals surface area contributed by atoms with E-state index in [0.717, 1.165) is 24.2 Å². The molecule has 154 valence electrons. The third-order valence-electron chi connectivity index (χ3n) is 5.45. The lowest BCUT2D eigenvalue weighted by molar-refractivity contribution is -0.384. The van der Waals surface area contributed by atoms with E-state index in [9.17, 15) is 14.9 Å². The monoisotopic (exact) mass is 399 g/mol. The van der Waals surface area contributed by atoms with E-state index in [1.807, 2.05) is 24.3 Å². The number of nitro benzene ring substituents is 1. The first-order valence-electron chi connectivity index (χ1n) is 9.46. The molecule has 0 bridgehead atoms. The first-order chi connectivity index (χ1) is 14.0. The minimum atomic E-state index is -0.473. The predicted octanol–water partition coefficient (Wildman–Crippen LogP) is 3.12. The molecule has 29 heavy (non-hydrogen) atoms. The van der Waals surface area contributed by atoms with Crippen molar-refractivity contribution < 1.29 is 19.2 Å². The second-order valence-corrected chi connectivity index (χ2v) is 7.04.